The molecular weight excluding hydrogens is 372 g/mol. The second-order valence-corrected chi connectivity index (χ2v) is 7.62. The molecule has 1 aromatic heterocycles. The van der Waals surface area contributed by atoms with Crippen LogP contribution in [0.1, 0.15) is 28.9 Å². The molecule has 1 aliphatic rings. The van der Waals surface area contributed by atoms with E-state index in [0.29, 0.717) is 12.8 Å². The molecule has 2 aromatic rings. The fourth-order valence-corrected chi connectivity index (χ4v) is 3.46. The normalized spacial score (nSPS) is 16.4. The van der Waals surface area contributed by atoms with Crippen LogP contribution < -0.4 is 5.32 Å². The fraction of sp³-hybridized carbons (Fsp3) is 0.500. The predicted octanol–water partition coefficient (Wildman–Crippen LogP) is 0.123. The van der Waals surface area contributed by atoms with Crippen molar-refractivity contribution >= 4 is 11.8 Å². The lowest BCUT2D eigenvalue weighted by molar-refractivity contribution is -0.121. The molecule has 29 heavy (non-hydrogen) atoms. The van der Waals surface area contributed by atoms with E-state index in [9.17, 15) is 14.7 Å². The number of piperidine rings is 1. The Morgan fingerprint density at radius 2 is 1.93 bits per heavy atom. The van der Waals surface area contributed by atoms with Gasteiger partial charge in [0.2, 0.25) is 5.91 Å². The van der Waals surface area contributed by atoms with Gasteiger partial charge in [0.05, 0.1) is 24.9 Å². The fourth-order valence-electron chi connectivity index (χ4n) is 3.46. The zero-order valence-electron chi connectivity index (χ0n) is 16.9. The summed E-state index contributed by atoms with van der Waals surface area (Å²) in [5, 5.41) is 21.3. The van der Waals surface area contributed by atoms with Crippen LogP contribution in [-0.2, 0) is 17.9 Å². The van der Waals surface area contributed by atoms with Gasteiger partial charge in [-0.15, -0.1) is 5.10 Å². The van der Waals surface area contributed by atoms with Crippen LogP contribution in [0.4, 0.5) is 0 Å². The molecule has 9 heteroatoms. The SMILES string of the molecule is CNC(=O)CN(C)C(=O)c1cn(CC2(O)CCN(Cc3ccccc3)CC2)nn1. The van der Waals surface area contributed by atoms with E-state index in [4.69, 9.17) is 0 Å². The van der Waals surface area contributed by atoms with Crippen molar-refractivity contribution in [2.24, 2.45) is 0 Å². The quantitative estimate of drug-likeness (QED) is 0.684. The van der Waals surface area contributed by atoms with Gasteiger partial charge in [-0.05, 0) is 18.4 Å². The number of nitrogens with zero attached hydrogens (tertiary/aromatic N) is 5. The van der Waals surface area contributed by atoms with Crippen LogP contribution in [0.25, 0.3) is 0 Å². The number of likely N-dealkylation sites (N-methyl/N-ethyl adjacent to an activating group) is 2. The molecule has 1 saturated heterocycles. The highest BCUT2D eigenvalue weighted by atomic mass is 16.3. The van der Waals surface area contributed by atoms with Crippen LogP contribution in [-0.4, -0.2) is 81.0 Å². The van der Waals surface area contributed by atoms with Crippen LogP contribution in [0.2, 0.25) is 0 Å². The van der Waals surface area contributed by atoms with E-state index < -0.39 is 5.60 Å². The van der Waals surface area contributed by atoms with E-state index in [1.807, 2.05) is 18.2 Å². The summed E-state index contributed by atoms with van der Waals surface area (Å²) < 4.78 is 1.51. The van der Waals surface area contributed by atoms with Crippen LogP contribution in [0, 0.1) is 0 Å². The summed E-state index contributed by atoms with van der Waals surface area (Å²) >= 11 is 0. The first-order chi connectivity index (χ1) is 13.9. The third-order valence-corrected chi connectivity index (χ3v) is 5.26. The molecule has 0 radical (unpaired) electrons. The second-order valence-electron chi connectivity index (χ2n) is 7.62. The van der Waals surface area contributed by atoms with Gasteiger partial charge in [0.15, 0.2) is 5.69 Å². The van der Waals surface area contributed by atoms with E-state index in [1.165, 1.54) is 35.4 Å². The molecular formula is C20H28N6O3. The average molecular weight is 400 g/mol. The summed E-state index contributed by atoms with van der Waals surface area (Å²) in [7, 11) is 3.05. The number of carbonyl (C=O) groups is 2. The molecule has 2 heterocycles. The Bertz CT molecular complexity index is 830. The number of hydrogen-bond acceptors (Lipinski definition) is 6. The Hall–Kier alpha value is -2.78. The number of benzene rings is 1. The van der Waals surface area contributed by atoms with Gasteiger partial charge in [0, 0.05) is 33.7 Å². The van der Waals surface area contributed by atoms with E-state index in [1.54, 1.807) is 0 Å². The highest BCUT2D eigenvalue weighted by Crippen LogP contribution is 2.25. The molecule has 0 spiro atoms. The van der Waals surface area contributed by atoms with Gasteiger partial charge in [-0.2, -0.15) is 0 Å². The monoisotopic (exact) mass is 400 g/mol. The maximum atomic E-state index is 12.4. The van der Waals surface area contributed by atoms with Crippen LogP contribution >= 0.6 is 0 Å². The highest BCUT2D eigenvalue weighted by molar-refractivity contribution is 5.94. The maximum absolute atomic E-state index is 12.4. The lowest BCUT2D eigenvalue weighted by Crippen LogP contribution is -2.46. The number of nitrogens with one attached hydrogen (secondary N) is 1. The average Bonchev–Trinajstić information content (AvgIpc) is 3.17. The number of hydrogen-bond donors (Lipinski definition) is 2. The van der Waals surface area contributed by atoms with Crippen molar-refractivity contribution in [1.82, 2.24) is 30.1 Å². The van der Waals surface area contributed by atoms with Crippen molar-refractivity contribution in [3.8, 4) is 0 Å². The smallest absolute Gasteiger partial charge is 0.276 e. The van der Waals surface area contributed by atoms with Crippen molar-refractivity contribution in [2.75, 3.05) is 33.7 Å². The Labute approximate surface area is 170 Å². The van der Waals surface area contributed by atoms with Crippen molar-refractivity contribution in [3.63, 3.8) is 0 Å². The van der Waals surface area contributed by atoms with Crippen molar-refractivity contribution < 1.29 is 14.7 Å². The second kappa shape index (κ2) is 9.15. The van der Waals surface area contributed by atoms with Crippen molar-refractivity contribution in [1.29, 1.82) is 0 Å². The molecule has 2 N–H and O–H groups in total. The van der Waals surface area contributed by atoms with Gasteiger partial charge >= 0.3 is 0 Å². The van der Waals surface area contributed by atoms with Gasteiger partial charge in [0.1, 0.15) is 0 Å². The molecule has 9 nitrogen and oxygen atoms in total. The first kappa shape index (κ1) is 20.9. The number of carbonyl (C=O) groups excluding carboxylic acids is 2. The van der Waals surface area contributed by atoms with Gasteiger partial charge in [-0.3, -0.25) is 14.5 Å². The topological polar surface area (TPSA) is 104 Å². The van der Waals surface area contributed by atoms with E-state index >= 15 is 0 Å². The molecule has 0 saturated carbocycles. The van der Waals surface area contributed by atoms with Gasteiger partial charge in [-0.1, -0.05) is 35.5 Å². The molecule has 1 aromatic carbocycles. The molecule has 1 aliphatic heterocycles. The van der Waals surface area contributed by atoms with Gasteiger partial charge in [-0.25, -0.2) is 4.68 Å². The number of likely N-dealkylation sites (tertiary alicyclic amines) is 1. The van der Waals surface area contributed by atoms with Crippen LogP contribution in [0.5, 0.6) is 0 Å². The molecule has 0 atom stereocenters. The Morgan fingerprint density at radius 3 is 2.59 bits per heavy atom. The summed E-state index contributed by atoms with van der Waals surface area (Å²) in [6.45, 7) is 2.69. The standard InChI is InChI=1S/C20H28N6O3/c1-21-18(27)14-24(2)19(28)17-13-26(23-22-17)15-20(29)8-10-25(11-9-20)12-16-6-4-3-5-7-16/h3-7,13,29H,8-12,14-15H2,1-2H3,(H,21,27). The summed E-state index contributed by atoms with van der Waals surface area (Å²) in [4.78, 5) is 27.4. The van der Waals surface area contributed by atoms with E-state index in [2.05, 4.69) is 32.7 Å². The molecule has 156 valence electrons. The molecule has 0 bridgehead atoms. The largest absolute Gasteiger partial charge is 0.388 e. The highest BCUT2D eigenvalue weighted by Gasteiger charge is 2.33. The Morgan fingerprint density at radius 1 is 1.24 bits per heavy atom. The summed E-state index contributed by atoms with van der Waals surface area (Å²) in [6, 6.07) is 10.3. The summed E-state index contributed by atoms with van der Waals surface area (Å²) in [5.74, 6) is -0.644. The van der Waals surface area contributed by atoms with Gasteiger partial charge in [0.25, 0.3) is 5.91 Å². The Kier molecular flexibility index (Phi) is 6.60. The van der Waals surface area contributed by atoms with Crippen molar-refractivity contribution in [3.05, 3.63) is 47.8 Å². The number of amides is 2. The molecule has 3 rings (SSSR count). The molecule has 0 aliphatic carbocycles. The zero-order chi connectivity index (χ0) is 20.9. The Balaban J connectivity index is 1.53. The maximum Gasteiger partial charge on any atom is 0.276 e. The molecule has 0 unspecified atom stereocenters. The van der Waals surface area contributed by atoms with E-state index in [-0.39, 0.29) is 30.6 Å². The van der Waals surface area contributed by atoms with E-state index in [0.717, 1.165) is 19.6 Å². The first-order valence-electron chi connectivity index (χ1n) is 9.73. The number of aromatic nitrogens is 3. The summed E-state index contributed by atoms with van der Waals surface area (Å²) in [6.07, 6.45) is 2.77. The van der Waals surface area contributed by atoms with Crippen LogP contribution in [0.3, 0.4) is 0 Å². The lowest BCUT2D eigenvalue weighted by atomic mass is 9.91. The van der Waals surface area contributed by atoms with Crippen molar-refractivity contribution in [2.45, 2.75) is 31.5 Å². The van der Waals surface area contributed by atoms with Gasteiger partial charge < -0.3 is 15.3 Å². The third kappa shape index (κ3) is 5.61. The minimum absolute atomic E-state index is 0.0522. The van der Waals surface area contributed by atoms with Crippen LogP contribution in [0.15, 0.2) is 36.5 Å². The predicted molar refractivity (Wildman–Crippen MR) is 107 cm³/mol. The number of rotatable bonds is 7. The number of aliphatic hydroxyl groups is 1. The third-order valence-electron chi connectivity index (χ3n) is 5.26. The summed E-state index contributed by atoms with van der Waals surface area (Å²) in [5.41, 5.74) is 0.537. The zero-order valence-corrected chi connectivity index (χ0v) is 16.9. The minimum Gasteiger partial charge on any atom is -0.388 e. The molecule has 2 amide bonds. The minimum atomic E-state index is -0.880. The lowest BCUT2D eigenvalue weighted by Gasteiger charge is -2.38. The first-order valence-corrected chi connectivity index (χ1v) is 9.73. The molecule has 1 fully saturated rings.